The van der Waals surface area contributed by atoms with Crippen LogP contribution in [0, 0.1) is 23.5 Å². The fourth-order valence-electron chi connectivity index (χ4n) is 7.00. The van der Waals surface area contributed by atoms with E-state index < -0.39 is 89.5 Å². The molecule has 2 atom stereocenters. The van der Waals surface area contributed by atoms with Gasteiger partial charge in [0.2, 0.25) is 11.8 Å². The van der Waals surface area contributed by atoms with Crippen LogP contribution in [0.2, 0.25) is 10.0 Å². The van der Waals surface area contributed by atoms with Crippen LogP contribution in [0.15, 0.2) is 73.1 Å². The van der Waals surface area contributed by atoms with Crippen molar-refractivity contribution in [3.05, 3.63) is 123 Å². The number of aromatic nitrogens is 2. The molecule has 3 aliphatic rings. The molecule has 14 nitrogen and oxygen atoms in total. The van der Waals surface area contributed by atoms with Gasteiger partial charge in [0.05, 0.1) is 65.8 Å². The molecule has 7 rings (SSSR count). The Balaban J connectivity index is 0.000000429. The van der Waals surface area contributed by atoms with Gasteiger partial charge in [0.15, 0.2) is 17.4 Å². The third-order valence-electron chi connectivity index (χ3n) is 10.4. The zero-order valence-electron chi connectivity index (χ0n) is 37.2. The maximum Gasteiger partial charge on any atom is 1.00 e. The van der Waals surface area contributed by atoms with Crippen LogP contribution in [0.4, 0.5) is 40.9 Å². The molecule has 0 spiro atoms. The number of halogens is 11. The number of ketones is 1. The number of amides is 3. The van der Waals surface area contributed by atoms with Crippen molar-refractivity contribution in [2.45, 2.75) is 43.9 Å². The molecule has 0 bridgehead atoms. The van der Waals surface area contributed by atoms with Gasteiger partial charge >= 0.3 is 115 Å². The fraction of sp³-hybridized carbons (Fsp3) is 0.357. The number of carbonyl (C=O) groups excluding carboxylic acids is 5. The number of rotatable bonds is 13. The first-order valence-electron chi connectivity index (χ1n) is 19.5. The van der Waals surface area contributed by atoms with E-state index in [9.17, 15) is 54.3 Å². The summed E-state index contributed by atoms with van der Waals surface area (Å²) in [6.07, 6.45) is -6.99. The molecule has 362 valence electrons. The van der Waals surface area contributed by atoms with Gasteiger partial charge in [-0.2, -0.15) is 26.3 Å². The molecule has 0 radical (unpaired) electrons. The van der Waals surface area contributed by atoms with Crippen LogP contribution in [0.5, 0.6) is 0 Å². The van der Waals surface area contributed by atoms with Crippen molar-refractivity contribution in [1.82, 2.24) is 19.8 Å². The van der Waals surface area contributed by atoms with Crippen LogP contribution >= 0.6 is 34.8 Å². The Bertz CT molecular complexity index is 2420. The van der Waals surface area contributed by atoms with Crippen LogP contribution < -0.4 is 113 Å². The molecule has 3 fully saturated rings. The third kappa shape index (κ3) is 16.6. The number of ether oxygens (including phenoxy) is 2. The van der Waals surface area contributed by atoms with Crippen molar-refractivity contribution < 1.29 is 183 Å². The number of carbonyl (C=O) groups is 5. The number of Topliss-reactive ketones (excluding diaryl/α,β-unsaturated/α-hetero) is 1. The van der Waals surface area contributed by atoms with Crippen molar-refractivity contribution in [1.29, 1.82) is 0 Å². The van der Waals surface area contributed by atoms with E-state index >= 15 is 0 Å². The van der Waals surface area contributed by atoms with Gasteiger partial charge in [0.1, 0.15) is 24.3 Å². The van der Waals surface area contributed by atoms with Crippen LogP contribution in [-0.4, -0.2) is 101 Å². The summed E-state index contributed by atoms with van der Waals surface area (Å²) in [5.41, 5.74) is -0.955. The average Bonchev–Trinajstić information content (AvgIpc) is 3.24. The summed E-state index contributed by atoms with van der Waals surface area (Å²) >= 11 is 17.2. The van der Waals surface area contributed by atoms with Gasteiger partial charge in [-0.1, -0.05) is 47.5 Å². The first-order chi connectivity index (χ1) is 31.7. The van der Waals surface area contributed by atoms with Crippen molar-refractivity contribution in [3.8, 4) is 0 Å². The Morgan fingerprint density at radius 1 is 0.855 bits per heavy atom. The largest absolute Gasteiger partial charge is 1.00 e. The van der Waals surface area contributed by atoms with Crippen LogP contribution in [0.3, 0.4) is 0 Å². The topological polar surface area (TPSA) is 172 Å². The minimum atomic E-state index is -4.50. The second kappa shape index (κ2) is 27.7. The normalized spacial score (nSPS) is 16.4. The number of hydrogen-bond acceptors (Lipinski definition) is 11. The molecule has 69 heavy (non-hydrogen) atoms. The van der Waals surface area contributed by atoms with Gasteiger partial charge < -0.3 is 30.8 Å². The quantitative estimate of drug-likeness (QED) is 0.0446. The maximum atomic E-state index is 14.4. The third-order valence-corrected chi connectivity index (χ3v) is 11.0. The maximum absolute atomic E-state index is 14.4. The molecule has 5 heterocycles. The Kier molecular flexibility index (Phi) is 24.5. The van der Waals surface area contributed by atoms with E-state index in [1.54, 1.807) is 0 Å². The number of alkyl halides is 7. The molecule has 3 saturated heterocycles. The van der Waals surface area contributed by atoms with Crippen LogP contribution in [0.25, 0.3) is 0 Å². The van der Waals surface area contributed by atoms with Gasteiger partial charge in [0.25, 0.3) is 12.4 Å². The molecule has 2 aromatic heterocycles. The van der Waals surface area contributed by atoms with Gasteiger partial charge in [-0.05, 0) is 47.5 Å². The Hall–Kier alpha value is -2.25. The van der Waals surface area contributed by atoms with Crippen LogP contribution in [-0.2, 0) is 70.2 Å². The van der Waals surface area contributed by atoms with E-state index in [1.807, 2.05) is 0 Å². The SMILES string of the molecule is O=C(Cc1ncc(Cl)cc1F)C(C1COC1)N(Cc1ccc(C(F)(F)F)cc1)C(=O)CCl.O=C1C(C2COC2)N(Cc2ccc(C(F)(F)F)cc2)C(=O)CN1c1ncc(Cl)cc1F.O=CO[O-].[H-].[K+].[K+]. The van der Waals surface area contributed by atoms with Gasteiger partial charge in [-0.15, -0.1) is 11.6 Å². The Morgan fingerprint density at radius 2 is 1.36 bits per heavy atom. The summed E-state index contributed by atoms with van der Waals surface area (Å²) in [6.45, 7) is 0.0314. The summed E-state index contributed by atoms with van der Waals surface area (Å²) in [7, 11) is 0. The van der Waals surface area contributed by atoms with E-state index in [0.29, 0.717) is 11.1 Å². The van der Waals surface area contributed by atoms with E-state index in [0.717, 1.165) is 41.3 Å². The minimum Gasteiger partial charge on any atom is -1.00 e. The fourth-order valence-corrected chi connectivity index (χ4v) is 7.44. The molecule has 2 aromatic carbocycles. The molecular formula is C42H36Cl3F8K2N5O9. The summed E-state index contributed by atoms with van der Waals surface area (Å²) in [5, 5.41) is 8.55. The van der Waals surface area contributed by atoms with Gasteiger partial charge in [0, 0.05) is 37.3 Å². The Morgan fingerprint density at radius 3 is 1.80 bits per heavy atom. The molecular weight excluding hydrogens is 1060 g/mol. The number of anilines is 1. The summed E-state index contributed by atoms with van der Waals surface area (Å²) in [4.78, 5) is 74.3. The second-order valence-electron chi connectivity index (χ2n) is 14.9. The van der Waals surface area contributed by atoms with E-state index in [-0.39, 0.29) is 184 Å². The smallest absolute Gasteiger partial charge is 1.00 e. The van der Waals surface area contributed by atoms with Crippen molar-refractivity contribution in [3.63, 3.8) is 0 Å². The number of hydrogen-bond donors (Lipinski definition) is 0. The van der Waals surface area contributed by atoms with Gasteiger partial charge in [-0.3, -0.25) is 33.9 Å². The minimum absolute atomic E-state index is 0. The predicted octanol–water partition coefficient (Wildman–Crippen LogP) is 0.126. The predicted molar refractivity (Wildman–Crippen MR) is 219 cm³/mol. The molecule has 0 aliphatic carbocycles. The number of nitrogens with zero attached hydrogens (tertiary/aromatic N) is 5. The van der Waals surface area contributed by atoms with E-state index in [1.165, 1.54) is 46.5 Å². The molecule has 3 aliphatic heterocycles. The molecule has 4 aromatic rings. The zero-order chi connectivity index (χ0) is 49.2. The molecule has 0 saturated carbocycles. The summed E-state index contributed by atoms with van der Waals surface area (Å²) < 4.78 is 116. The Labute approximate surface area is 489 Å². The number of piperazine rings is 1. The molecule has 3 amide bonds. The van der Waals surface area contributed by atoms with E-state index in [2.05, 4.69) is 14.9 Å². The molecule has 2 unspecified atom stereocenters. The molecule has 0 N–H and O–H groups in total. The first kappa shape index (κ1) is 61.1. The van der Waals surface area contributed by atoms with E-state index in [4.69, 9.17) is 54.3 Å². The zero-order valence-corrected chi connectivity index (χ0v) is 44.8. The van der Waals surface area contributed by atoms with Crippen molar-refractivity contribution in [2.75, 3.05) is 43.8 Å². The molecule has 27 heteroatoms. The van der Waals surface area contributed by atoms with Gasteiger partial charge in [-0.25, -0.2) is 13.8 Å². The average molecular weight is 1090 g/mol. The first-order valence-corrected chi connectivity index (χ1v) is 20.8. The summed E-state index contributed by atoms with van der Waals surface area (Å²) in [6, 6.07) is 8.71. The second-order valence-corrected chi connectivity index (χ2v) is 16.0. The number of pyridine rings is 2. The monoisotopic (exact) mass is 1090 g/mol. The number of benzene rings is 2. The van der Waals surface area contributed by atoms with Crippen molar-refractivity contribution >= 4 is 70.6 Å². The summed E-state index contributed by atoms with van der Waals surface area (Å²) in [5.74, 6) is -5.10. The van der Waals surface area contributed by atoms with Crippen LogP contribution in [0.1, 0.15) is 29.4 Å². The standard InChI is InChI=1S/C21H18Cl2F4N2O3.C20H16ClF4N3O3.CH2O3.2K.H/c22-7-19(31)29(9-12-1-3-14(4-2-12)21(25,26)27)20(13-10-32-11-13)18(30)6-17-16(24)5-15(23)8-28-17;21-14-5-15(22)18(26-6-14)28-8-16(29)27(17(19(28)30)12-9-31-10-12)7-11-1-3-13(4-2-11)20(23,24)25;2-1-4-3;;;/h1-5,8,13,20H,6-7,9-11H2;1-6,12,17H,7-10H2;1,3H;;;/q;;;2*+1;-1/p-1. The van der Waals surface area contributed by atoms with Crippen molar-refractivity contribution in [2.24, 2.45) is 11.8 Å².